The van der Waals surface area contributed by atoms with Gasteiger partial charge in [0.1, 0.15) is 10.8 Å². The van der Waals surface area contributed by atoms with Crippen molar-refractivity contribution in [3.8, 4) is 0 Å². The third kappa shape index (κ3) is 1.76. The number of thiazole rings is 1. The van der Waals surface area contributed by atoms with Gasteiger partial charge in [-0.2, -0.15) is 0 Å². The SMILES string of the molecule is CCC1(c2nc3ccc(F)cc3s2)CCNC1. The molecule has 1 unspecified atom stereocenters. The van der Waals surface area contributed by atoms with Gasteiger partial charge in [-0.1, -0.05) is 6.92 Å². The van der Waals surface area contributed by atoms with Crippen LogP contribution in [0.5, 0.6) is 0 Å². The highest BCUT2D eigenvalue weighted by atomic mass is 32.1. The van der Waals surface area contributed by atoms with E-state index in [0.29, 0.717) is 0 Å². The molecule has 1 aliphatic heterocycles. The van der Waals surface area contributed by atoms with Gasteiger partial charge >= 0.3 is 0 Å². The zero-order chi connectivity index (χ0) is 11.9. The molecule has 0 aliphatic carbocycles. The predicted molar refractivity (Wildman–Crippen MR) is 69.0 cm³/mol. The van der Waals surface area contributed by atoms with Crippen LogP contribution >= 0.6 is 11.3 Å². The van der Waals surface area contributed by atoms with Crippen molar-refractivity contribution in [3.63, 3.8) is 0 Å². The lowest BCUT2D eigenvalue weighted by molar-refractivity contribution is 0.452. The number of nitrogens with zero attached hydrogens (tertiary/aromatic N) is 1. The van der Waals surface area contributed by atoms with Gasteiger partial charge in [0.25, 0.3) is 0 Å². The number of hydrogen-bond donors (Lipinski definition) is 1. The summed E-state index contributed by atoms with van der Waals surface area (Å²) in [6.07, 6.45) is 2.22. The molecular formula is C13H15FN2S. The molecule has 0 radical (unpaired) electrons. The third-order valence-corrected chi connectivity index (χ3v) is 4.99. The Balaban J connectivity index is 2.11. The molecule has 1 aliphatic rings. The maximum Gasteiger partial charge on any atom is 0.124 e. The van der Waals surface area contributed by atoms with E-state index in [1.54, 1.807) is 23.5 Å². The van der Waals surface area contributed by atoms with E-state index in [4.69, 9.17) is 4.98 Å². The van der Waals surface area contributed by atoms with Gasteiger partial charge in [-0.15, -0.1) is 11.3 Å². The average Bonchev–Trinajstić information content (AvgIpc) is 2.94. The fourth-order valence-corrected chi connectivity index (χ4v) is 3.78. The van der Waals surface area contributed by atoms with Crippen molar-refractivity contribution in [1.82, 2.24) is 10.3 Å². The van der Waals surface area contributed by atoms with E-state index in [1.807, 2.05) is 0 Å². The van der Waals surface area contributed by atoms with Gasteiger partial charge in [0.15, 0.2) is 0 Å². The summed E-state index contributed by atoms with van der Waals surface area (Å²) in [5.74, 6) is -0.178. The molecule has 2 nitrogen and oxygen atoms in total. The van der Waals surface area contributed by atoms with Crippen molar-refractivity contribution in [2.45, 2.75) is 25.2 Å². The Hall–Kier alpha value is -1.00. The van der Waals surface area contributed by atoms with Crippen LogP contribution in [-0.4, -0.2) is 18.1 Å². The van der Waals surface area contributed by atoms with Crippen molar-refractivity contribution in [2.24, 2.45) is 0 Å². The first kappa shape index (κ1) is 11.1. The van der Waals surface area contributed by atoms with E-state index in [-0.39, 0.29) is 11.2 Å². The molecule has 0 bridgehead atoms. The largest absolute Gasteiger partial charge is 0.316 e. The van der Waals surface area contributed by atoms with E-state index in [1.165, 1.54) is 6.07 Å². The number of aromatic nitrogens is 1. The van der Waals surface area contributed by atoms with Crippen LogP contribution in [0.15, 0.2) is 18.2 Å². The van der Waals surface area contributed by atoms with Crippen molar-refractivity contribution >= 4 is 21.6 Å². The fourth-order valence-electron chi connectivity index (χ4n) is 2.50. The highest BCUT2D eigenvalue weighted by molar-refractivity contribution is 7.18. The Morgan fingerprint density at radius 1 is 1.53 bits per heavy atom. The third-order valence-electron chi connectivity index (χ3n) is 3.72. The molecule has 0 saturated carbocycles. The lowest BCUT2D eigenvalue weighted by atomic mass is 9.85. The van der Waals surface area contributed by atoms with Crippen LogP contribution in [0.25, 0.3) is 10.2 Å². The average molecular weight is 250 g/mol. The number of rotatable bonds is 2. The number of fused-ring (bicyclic) bond motifs is 1. The van der Waals surface area contributed by atoms with Crippen LogP contribution in [0.3, 0.4) is 0 Å². The van der Waals surface area contributed by atoms with E-state index in [2.05, 4.69) is 12.2 Å². The second-order valence-corrected chi connectivity index (χ2v) is 5.72. The van der Waals surface area contributed by atoms with Gasteiger partial charge in [0, 0.05) is 12.0 Å². The van der Waals surface area contributed by atoms with E-state index in [0.717, 1.165) is 41.2 Å². The summed E-state index contributed by atoms with van der Waals surface area (Å²) in [7, 11) is 0. The fraction of sp³-hybridized carbons (Fsp3) is 0.462. The second-order valence-electron chi connectivity index (χ2n) is 4.69. The molecule has 1 N–H and O–H groups in total. The number of benzene rings is 1. The smallest absolute Gasteiger partial charge is 0.124 e. The Bertz CT molecular complexity index is 543. The van der Waals surface area contributed by atoms with Crippen molar-refractivity contribution < 1.29 is 4.39 Å². The first-order chi connectivity index (χ1) is 8.23. The Kier molecular flexibility index (Phi) is 2.64. The van der Waals surface area contributed by atoms with Gasteiger partial charge < -0.3 is 5.32 Å². The molecule has 1 fully saturated rings. The molecule has 0 spiro atoms. The molecule has 2 aromatic rings. The van der Waals surface area contributed by atoms with Crippen molar-refractivity contribution in [3.05, 3.63) is 29.0 Å². The highest BCUT2D eigenvalue weighted by Gasteiger charge is 2.36. The number of hydrogen-bond acceptors (Lipinski definition) is 3. The van der Waals surface area contributed by atoms with Crippen LogP contribution in [0.1, 0.15) is 24.8 Å². The summed E-state index contributed by atoms with van der Waals surface area (Å²) < 4.78 is 14.1. The monoisotopic (exact) mass is 250 g/mol. The minimum atomic E-state index is -0.178. The molecule has 90 valence electrons. The van der Waals surface area contributed by atoms with Gasteiger partial charge in [-0.05, 0) is 37.6 Å². The van der Waals surface area contributed by atoms with E-state index >= 15 is 0 Å². The van der Waals surface area contributed by atoms with Crippen LogP contribution in [0.4, 0.5) is 4.39 Å². The van der Waals surface area contributed by atoms with Gasteiger partial charge in [0.2, 0.25) is 0 Å². The normalized spacial score (nSPS) is 24.6. The van der Waals surface area contributed by atoms with Gasteiger partial charge in [-0.25, -0.2) is 9.37 Å². The maximum absolute atomic E-state index is 13.2. The molecular weight excluding hydrogens is 235 g/mol. The second kappa shape index (κ2) is 4.03. The molecule has 1 atom stereocenters. The van der Waals surface area contributed by atoms with Crippen LogP contribution in [0.2, 0.25) is 0 Å². The van der Waals surface area contributed by atoms with Crippen LogP contribution in [0, 0.1) is 5.82 Å². The van der Waals surface area contributed by atoms with Crippen LogP contribution in [-0.2, 0) is 5.41 Å². The number of nitrogens with one attached hydrogen (secondary N) is 1. The summed E-state index contributed by atoms with van der Waals surface area (Å²) in [5.41, 5.74) is 1.09. The summed E-state index contributed by atoms with van der Waals surface area (Å²) in [5, 5.41) is 4.57. The lowest BCUT2D eigenvalue weighted by Crippen LogP contribution is -2.27. The Morgan fingerprint density at radius 2 is 2.41 bits per heavy atom. The van der Waals surface area contributed by atoms with Crippen molar-refractivity contribution in [1.29, 1.82) is 0 Å². The molecule has 1 saturated heterocycles. The van der Waals surface area contributed by atoms with Crippen molar-refractivity contribution in [2.75, 3.05) is 13.1 Å². The first-order valence-corrected chi connectivity index (χ1v) is 6.82. The molecule has 17 heavy (non-hydrogen) atoms. The lowest BCUT2D eigenvalue weighted by Gasteiger charge is -2.23. The summed E-state index contributed by atoms with van der Waals surface area (Å²) >= 11 is 1.64. The molecule has 2 heterocycles. The molecule has 0 amide bonds. The molecule has 1 aromatic carbocycles. The number of halogens is 1. The van der Waals surface area contributed by atoms with E-state index in [9.17, 15) is 4.39 Å². The molecule has 3 rings (SSSR count). The van der Waals surface area contributed by atoms with Gasteiger partial charge in [0.05, 0.1) is 10.2 Å². The topological polar surface area (TPSA) is 24.9 Å². The quantitative estimate of drug-likeness (QED) is 0.886. The Morgan fingerprint density at radius 3 is 3.12 bits per heavy atom. The minimum absolute atomic E-state index is 0.167. The minimum Gasteiger partial charge on any atom is -0.316 e. The summed E-state index contributed by atoms with van der Waals surface area (Å²) in [6, 6.07) is 4.84. The molecule has 1 aromatic heterocycles. The van der Waals surface area contributed by atoms with Crippen LogP contribution < -0.4 is 5.32 Å². The maximum atomic E-state index is 13.2. The summed E-state index contributed by atoms with van der Waals surface area (Å²) in [4.78, 5) is 4.69. The first-order valence-electron chi connectivity index (χ1n) is 6.01. The highest BCUT2D eigenvalue weighted by Crippen LogP contribution is 2.38. The van der Waals surface area contributed by atoms with E-state index < -0.39 is 0 Å². The standard InChI is InChI=1S/C13H15FN2S/c1-2-13(5-6-15-8-13)12-16-10-4-3-9(14)7-11(10)17-12/h3-4,7,15H,2,5-6,8H2,1H3. The molecule has 4 heteroatoms. The summed E-state index contributed by atoms with van der Waals surface area (Å²) in [6.45, 7) is 4.25. The van der Waals surface area contributed by atoms with Gasteiger partial charge in [-0.3, -0.25) is 0 Å². The predicted octanol–water partition coefficient (Wildman–Crippen LogP) is 3.08. The Labute approximate surface area is 104 Å². The zero-order valence-electron chi connectivity index (χ0n) is 9.79. The zero-order valence-corrected chi connectivity index (χ0v) is 10.6.